The van der Waals surface area contributed by atoms with E-state index in [0.29, 0.717) is 12.8 Å². The fraction of sp³-hybridized carbons (Fsp3) is 0.286. The molecular weight excluding hydrogens is 230 g/mol. The second-order valence-corrected chi connectivity index (χ2v) is 4.38. The summed E-state index contributed by atoms with van der Waals surface area (Å²) in [6, 6.07) is 9.06. The van der Waals surface area contributed by atoms with Crippen LogP contribution in [0.1, 0.15) is 18.4 Å². The molecule has 0 radical (unpaired) electrons. The van der Waals surface area contributed by atoms with Gasteiger partial charge in [0.2, 0.25) is 5.91 Å². The molecule has 1 aliphatic rings. The van der Waals surface area contributed by atoms with E-state index < -0.39 is 12.0 Å². The zero-order chi connectivity index (χ0) is 13.0. The minimum absolute atomic E-state index is 0.167. The highest BCUT2D eigenvalue weighted by atomic mass is 16.4. The van der Waals surface area contributed by atoms with Crippen LogP contribution in [0.4, 0.5) is 0 Å². The summed E-state index contributed by atoms with van der Waals surface area (Å²) in [6.07, 6.45) is 4.81. The molecular formula is C14H15NO3. The Bertz CT molecular complexity index is 467. The lowest BCUT2D eigenvalue weighted by molar-refractivity contribution is -0.140. The van der Waals surface area contributed by atoms with E-state index in [-0.39, 0.29) is 11.8 Å². The maximum absolute atomic E-state index is 11.5. The molecule has 1 aromatic rings. The summed E-state index contributed by atoms with van der Waals surface area (Å²) in [5.74, 6) is -1.36. The van der Waals surface area contributed by atoms with E-state index in [1.165, 1.54) is 0 Å². The molecule has 2 atom stereocenters. The molecule has 18 heavy (non-hydrogen) atoms. The van der Waals surface area contributed by atoms with Gasteiger partial charge in [-0.15, -0.1) is 0 Å². The zero-order valence-corrected chi connectivity index (χ0v) is 9.87. The molecule has 4 heteroatoms. The van der Waals surface area contributed by atoms with Gasteiger partial charge in [0.15, 0.2) is 0 Å². The van der Waals surface area contributed by atoms with Gasteiger partial charge in [-0.3, -0.25) is 4.79 Å². The van der Waals surface area contributed by atoms with Crippen molar-refractivity contribution >= 4 is 18.0 Å². The molecule has 4 nitrogen and oxygen atoms in total. The minimum Gasteiger partial charge on any atom is -0.480 e. The van der Waals surface area contributed by atoms with E-state index in [4.69, 9.17) is 5.11 Å². The molecule has 0 bridgehead atoms. The molecule has 0 aromatic heterocycles. The Balaban J connectivity index is 1.89. The third-order valence-electron chi connectivity index (χ3n) is 3.04. The van der Waals surface area contributed by atoms with Crippen molar-refractivity contribution in [2.45, 2.75) is 18.9 Å². The van der Waals surface area contributed by atoms with Crippen LogP contribution in [0, 0.1) is 5.92 Å². The van der Waals surface area contributed by atoms with E-state index in [0.717, 1.165) is 5.56 Å². The third kappa shape index (κ3) is 2.97. The van der Waals surface area contributed by atoms with Crippen LogP contribution in [0.3, 0.4) is 0 Å². The SMILES string of the molecule is O=C1NC(C(=O)O)CC1CC=Cc1ccccc1. The Morgan fingerprint density at radius 3 is 2.72 bits per heavy atom. The second kappa shape index (κ2) is 5.49. The second-order valence-electron chi connectivity index (χ2n) is 4.38. The smallest absolute Gasteiger partial charge is 0.326 e. The monoisotopic (exact) mass is 245 g/mol. The number of carboxylic acid groups (broad SMARTS) is 1. The summed E-state index contributed by atoms with van der Waals surface area (Å²) in [7, 11) is 0. The van der Waals surface area contributed by atoms with Crippen molar-refractivity contribution in [3.63, 3.8) is 0 Å². The van der Waals surface area contributed by atoms with E-state index in [1.807, 2.05) is 42.5 Å². The maximum atomic E-state index is 11.5. The molecule has 0 saturated carbocycles. The summed E-state index contributed by atoms with van der Waals surface area (Å²) in [6.45, 7) is 0. The van der Waals surface area contributed by atoms with Gasteiger partial charge >= 0.3 is 5.97 Å². The quantitative estimate of drug-likeness (QED) is 0.848. The van der Waals surface area contributed by atoms with Crippen LogP contribution in [0.5, 0.6) is 0 Å². The Hall–Kier alpha value is -2.10. The summed E-state index contributed by atoms with van der Waals surface area (Å²) in [4.78, 5) is 22.3. The number of carbonyl (C=O) groups is 2. The highest BCUT2D eigenvalue weighted by Crippen LogP contribution is 2.20. The Morgan fingerprint density at radius 1 is 1.39 bits per heavy atom. The molecule has 1 fully saturated rings. The Labute approximate surface area is 105 Å². The average molecular weight is 245 g/mol. The molecule has 2 N–H and O–H groups in total. The first kappa shape index (κ1) is 12.4. The summed E-state index contributed by atoms with van der Waals surface area (Å²) in [5, 5.41) is 11.3. The van der Waals surface area contributed by atoms with Crippen molar-refractivity contribution in [2.75, 3.05) is 0 Å². The van der Waals surface area contributed by atoms with Gasteiger partial charge in [0.05, 0.1) is 0 Å². The number of hydrogen-bond acceptors (Lipinski definition) is 2. The Kier molecular flexibility index (Phi) is 3.77. The van der Waals surface area contributed by atoms with Gasteiger partial charge in [0.1, 0.15) is 6.04 Å². The first-order valence-electron chi connectivity index (χ1n) is 5.91. The molecule has 1 heterocycles. The number of nitrogens with one attached hydrogen (secondary N) is 1. The molecule has 1 aromatic carbocycles. The van der Waals surface area contributed by atoms with Crippen LogP contribution in [0.25, 0.3) is 6.08 Å². The van der Waals surface area contributed by atoms with Crippen molar-refractivity contribution in [1.29, 1.82) is 0 Å². The van der Waals surface area contributed by atoms with Crippen LogP contribution in [0.15, 0.2) is 36.4 Å². The van der Waals surface area contributed by atoms with Crippen LogP contribution < -0.4 is 5.32 Å². The number of amides is 1. The van der Waals surface area contributed by atoms with Crippen molar-refractivity contribution in [2.24, 2.45) is 5.92 Å². The normalized spacial score (nSPS) is 23.2. The van der Waals surface area contributed by atoms with E-state index in [2.05, 4.69) is 5.32 Å². The molecule has 94 valence electrons. The molecule has 0 aliphatic carbocycles. The number of rotatable bonds is 4. The average Bonchev–Trinajstić information content (AvgIpc) is 2.73. The maximum Gasteiger partial charge on any atom is 0.326 e. The highest BCUT2D eigenvalue weighted by molar-refractivity contribution is 5.89. The first-order chi connectivity index (χ1) is 8.66. The summed E-state index contributed by atoms with van der Waals surface area (Å²) >= 11 is 0. The number of carbonyl (C=O) groups excluding carboxylic acids is 1. The van der Waals surface area contributed by atoms with Gasteiger partial charge in [-0.1, -0.05) is 42.5 Å². The van der Waals surface area contributed by atoms with E-state index in [1.54, 1.807) is 0 Å². The third-order valence-corrected chi connectivity index (χ3v) is 3.04. The number of benzene rings is 1. The van der Waals surface area contributed by atoms with Gasteiger partial charge in [0.25, 0.3) is 0 Å². The van der Waals surface area contributed by atoms with Crippen molar-refractivity contribution in [3.8, 4) is 0 Å². The topological polar surface area (TPSA) is 66.4 Å². The summed E-state index contributed by atoms with van der Waals surface area (Å²) in [5.41, 5.74) is 1.07. The van der Waals surface area contributed by atoms with Crippen LogP contribution in [-0.2, 0) is 9.59 Å². The molecule has 1 saturated heterocycles. The number of hydrogen-bond donors (Lipinski definition) is 2. The molecule has 2 rings (SSSR count). The number of carboxylic acids is 1. The van der Waals surface area contributed by atoms with Gasteiger partial charge in [-0.05, 0) is 18.4 Å². The Morgan fingerprint density at radius 2 is 2.11 bits per heavy atom. The van der Waals surface area contributed by atoms with Gasteiger partial charge in [-0.25, -0.2) is 4.79 Å². The van der Waals surface area contributed by atoms with E-state index in [9.17, 15) is 9.59 Å². The van der Waals surface area contributed by atoms with Crippen LogP contribution >= 0.6 is 0 Å². The lowest BCUT2D eigenvalue weighted by Gasteiger charge is -2.01. The lowest BCUT2D eigenvalue weighted by atomic mass is 10.0. The van der Waals surface area contributed by atoms with Gasteiger partial charge < -0.3 is 10.4 Å². The lowest BCUT2D eigenvalue weighted by Crippen LogP contribution is -2.32. The minimum atomic E-state index is -0.960. The van der Waals surface area contributed by atoms with Crippen molar-refractivity contribution in [1.82, 2.24) is 5.32 Å². The zero-order valence-electron chi connectivity index (χ0n) is 9.87. The first-order valence-corrected chi connectivity index (χ1v) is 5.91. The van der Waals surface area contributed by atoms with Gasteiger partial charge in [-0.2, -0.15) is 0 Å². The standard InChI is InChI=1S/C14H15NO3/c16-13-11(9-12(15-13)14(17)18)8-4-7-10-5-2-1-3-6-10/h1-7,11-12H,8-9H2,(H,15,16)(H,17,18). The largest absolute Gasteiger partial charge is 0.480 e. The molecule has 0 spiro atoms. The molecule has 1 amide bonds. The van der Waals surface area contributed by atoms with Crippen LogP contribution in [-0.4, -0.2) is 23.0 Å². The van der Waals surface area contributed by atoms with Crippen LogP contribution in [0.2, 0.25) is 0 Å². The predicted octanol–water partition coefficient (Wildman–Crippen LogP) is 1.68. The number of aliphatic carboxylic acids is 1. The van der Waals surface area contributed by atoms with Gasteiger partial charge in [0, 0.05) is 5.92 Å². The van der Waals surface area contributed by atoms with Crippen molar-refractivity contribution < 1.29 is 14.7 Å². The highest BCUT2D eigenvalue weighted by Gasteiger charge is 2.34. The predicted molar refractivity (Wildman–Crippen MR) is 67.8 cm³/mol. The van der Waals surface area contributed by atoms with E-state index >= 15 is 0 Å². The molecule has 1 aliphatic heterocycles. The molecule has 2 unspecified atom stereocenters. The fourth-order valence-corrected chi connectivity index (χ4v) is 2.04. The van der Waals surface area contributed by atoms with Crippen molar-refractivity contribution in [3.05, 3.63) is 42.0 Å². The summed E-state index contributed by atoms with van der Waals surface area (Å²) < 4.78 is 0. The number of allylic oxidation sites excluding steroid dienone is 1. The fourth-order valence-electron chi connectivity index (χ4n) is 2.04.